The molecule has 0 saturated heterocycles. The molecule has 0 atom stereocenters. The van der Waals surface area contributed by atoms with Gasteiger partial charge in [-0.2, -0.15) is 4.37 Å². The van der Waals surface area contributed by atoms with Gasteiger partial charge in [0.15, 0.2) is 0 Å². The summed E-state index contributed by atoms with van der Waals surface area (Å²) in [6.45, 7) is 4.47. The van der Waals surface area contributed by atoms with Gasteiger partial charge in [-0.3, -0.25) is 14.4 Å². The largest absolute Gasteiger partial charge is 0.481 e. The number of nitrogens with one attached hydrogen (secondary N) is 2. The maximum absolute atomic E-state index is 13.1. The van der Waals surface area contributed by atoms with Crippen molar-refractivity contribution in [1.29, 1.82) is 0 Å². The maximum atomic E-state index is 13.1. The van der Waals surface area contributed by atoms with Crippen LogP contribution >= 0.6 is 11.5 Å². The van der Waals surface area contributed by atoms with Crippen molar-refractivity contribution in [2.24, 2.45) is 0 Å². The van der Waals surface area contributed by atoms with Crippen LogP contribution in [0.1, 0.15) is 29.8 Å². The molecule has 0 aliphatic carbocycles. The lowest BCUT2D eigenvalue weighted by Gasteiger charge is -2.19. The van der Waals surface area contributed by atoms with Gasteiger partial charge in [0.05, 0.1) is 13.0 Å². The van der Waals surface area contributed by atoms with E-state index in [9.17, 15) is 14.4 Å². The zero-order chi connectivity index (χ0) is 24.2. The van der Waals surface area contributed by atoms with Gasteiger partial charge in [0.25, 0.3) is 0 Å². The molecule has 1 aliphatic rings. The first-order chi connectivity index (χ1) is 16.3. The number of hydrogen-bond donors (Lipinski definition) is 3. The van der Waals surface area contributed by atoms with E-state index in [0.29, 0.717) is 18.7 Å². The zero-order valence-electron chi connectivity index (χ0n) is 18.9. The van der Waals surface area contributed by atoms with E-state index in [0.717, 1.165) is 38.9 Å². The van der Waals surface area contributed by atoms with E-state index in [2.05, 4.69) is 20.0 Å². The van der Waals surface area contributed by atoms with Crippen LogP contribution in [0.5, 0.6) is 0 Å². The monoisotopic (exact) mass is 479 g/mol. The number of carboxylic acids is 1. The number of rotatable bonds is 8. The van der Waals surface area contributed by atoms with E-state index in [4.69, 9.17) is 5.11 Å². The number of aliphatic carboxylic acids is 1. The van der Waals surface area contributed by atoms with Gasteiger partial charge in [-0.05, 0) is 55.6 Å². The van der Waals surface area contributed by atoms with Gasteiger partial charge in [0.1, 0.15) is 10.8 Å². The smallest absolute Gasteiger partial charge is 0.303 e. The summed E-state index contributed by atoms with van der Waals surface area (Å²) in [7, 11) is 0. The Hall–Kier alpha value is -3.79. The lowest BCUT2D eigenvalue weighted by Crippen LogP contribution is -2.34. The van der Waals surface area contributed by atoms with Gasteiger partial charge < -0.3 is 20.6 Å². The molecule has 9 nitrogen and oxygen atoms in total. The van der Waals surface area contributed by atoms with Crippen molar-refractivity contribution in [3.05, 3.63) is 53.3 Å². The summed E-state index contributed by atoms with van der Waals surface area (Å²) in [6.07, 6.45) is 0.290. The topological polar surface area (TPSA) is 125 Å². The minimum atomic E-state index is -1.02. The highest BCUT2D eigenvalue weighted by molar-refractivity contribution is 7.09. The third kappa shape index (κ3) is 5.23. The second kappa shape index (κ2) is 10.0. The minimum absolute atomic E-state index is 0.0790. The summed E-state index contributed by atoms with van der Waals surface area (Å²) in [5, 5.41) is 15.6. The van der Waals surface area contributed by atoms with Gasteiger partial charge in [-0.1, -0.05) is 18.2 Å². The first-order valence-corrected chi connectivity index (χ1v) is 11.7. The number of benzene rings is 2. The van der Waals surface area contributed by atoms with Crippen LogP contribution in [0.2, 0.25) is 0 Å². The van der Waals surface area contributed by atoms with Crippen molar-refractivity contribution in [1.82, 2.24) is 9.36 Å². The molecule has 0 radical (unpaired) electrons. The number of fused-ring (bicyclic) bond motifs is 1. The lowest BCUT2D eigenvalue weighted by molar-refractivity contribution is -0.138. The summed E-state index contributed by atoms with van der Waals surface area (Å²) in [5.74, 6) is -0.722. The molecule has 0 bridgehead atoms. The molecule has 0 spiro atoms. The van der Waals surface area contributed by atoms with Crippen LogP contribution < -0.4 is 15.5 Å². The predicted octanol–water partition coefficient (Wildman–Crippen LogP) is 3.63. The third-order valence-electron chi connectivity index (χ3n) is 5.61. The van der Waals surface area contributed by atoms with E-state index in [1.165, 1.54) is 11.5 Å². The second-order valence-corrected chi connectivity index (χ2v) is 8.82. The Morgan fingerprint density at radius 2 is 1.94 bits per heavy atom. The van der Waals surface area contributed by atoms with Crippen molar-refractivity contribution in [2.45, 2.75) is 33.1 Å². The highest BCUT2D eigenvalue weighted by Crippen LogP contribution is 2.34. The number of carbonyl (C=O) groups is 3. The maximum Gasteiger partial charge on any atom is 0.303 e. The van der Waals surface area contributed by atoms with Crippen LogP contribution in [0, 0.1) is 13.8 Å². The number of hydrogen-bond acceptors (Lipinski definition) is 7. The Bertz CT molecular complexity index is 1260. The Balaban J connectivity index is 1.43. The summed E-state index contributed by atoms with van der Waals surface area (Å²) < 4.78 is 4.23. The fourth-order valence-corrected chi connectivity index (χ4v) is 4.53. The van der Waals surface area contributed by atoms with Crippen molar-refractivity contribution in [3.8, 4) is 10.6 Å². The molecule has 0 saturated carbocycles. The quantitative estimate of drug-likeness (QED) is 0.451. The van der Waals surface area contributed by atoms with E-state index in [1.807, 2.05) is 38.1 Å². The molecule has 0 unspecified atom stereocenters. The van der Waals surface area contributed by atoms with Crippen molar-refractivity contribution in [3.63, 3.8) is 0 Å². The number of carbonyl (C=O) groups excluding carboxylic acids is 2. The van der Waals surface area contributed by atoms with E-state index in [1.54, 1.807) is 17.0 Å². The minimum Gasteiger partial charge on any atom is -0.481 e. The summed E-state index contributed by atoms with van der Waals surface area (Å²) >= 11 is 1.34. The zero-order valence-corrected chi connectivity index (χ0v) is 19.7. The highest BCUT2D eigenvalue weighted by Gasteiger charge is 2.27. The molecule has 2 heterocycles. The average Bonchev–Trinajstić information content (AvgIpc) is 3.44. The van der Waals surface area contributed by atoms with Gasteiger partial charge >= 0.3 is 5.97 Å². The van der Waals surface area contributed by atoms with Crippen LogP contribution in [0.15, 0.2) is 36.4 Å². The third-order valence-corrected chi connectivity index (χ3v) is 6.47. The molecule has 1 aromatic heterocycles. The molecule has 3 aromatic rings. The summed E-state index contributed by atoms with van der Waals surface area (Å²) in [4.78, 5) is 42.0. The second-order valence-electron chi connectivity index (χ2n) is 8.07. The van der Waals surface area contributed by atoms with Crippen molar-refractivity contribution < 1.29 is 19.5 Å². The first-order valence-electron chi connectivity index (χ1n) is 10.9. The van der Waals surface area contributed by atoms with Crippen LogP contribution in [0.3, 0.4) is 0 Å². The number of nitrogens with zero attached hydrogens (tertiary/aromatic N) is 3. The van der Waals surface area contributed by atoms with Crippen molar-refractivity contribution >= 4 is 46.4 Å². The molecule has 0 fully saturated rings. The molecule has 10 heteroatoms. The van der Waals surface area contributed by atoms with Crippen LogP contribution in [0.4, 0.5) is 17.1 Å². The SMILES string of the molecule is Cc1nsc(-c2ccc(C)c(NCC(=O)N3CCc4c(NC(=O)CCC(=O)O)cccc43)c2)n1. The van der Waals surface area contributed by atoms with Crippen molar-refractivity contribution in [2.75, 3.05) is 28.6 Å². The van der Waals surface area contributed by atoms with Crippen LogP contribution in [0.25, 0.3) is 10.6 Å². The lowest BCUT2D eigenvalue weighted by atomic mass is 10.1. The van der Waals surface area contributed by atoms with E-state index < -0.39 is 5.97 Å². The summed E-state index contributed by atoms with van der Waals surface area (Å²) in [5.41, 5.74) is 5.08. The summed E-state index contributed by atoms with van der Waals surface area (Å²) in [6, 6.07) is 11.4. The van der Waals surface area contributed by atoms with Crippen LogP contribution in [-0.4, -0.2) is 45.3 Å². The molecule has 34 heavy (non-hydrogen) atoms. The number of carboxylic acid groups (broad SMARTS) is 1. The molecule has 176 valence electrons. The average molecular weight is 480 g/mol. The standard InChI is InChI=1S/C24H25N5O4S/c1-14-6-7-16(24-26-15(2)28-34-24)12-19(14)25-13-22(31)29-11-10-17-18(4-3-5-20(17)29)27-21(30)8-9-23(32)33/h3-7,12,25H,8-11,13H2,1-2H3,(H,27,30)(H,32,33). The Morgan fingerprint density at radius 3 is 2.68 bits per heavy atom. The van der Waals surface area contributed by atoms with E-state index >= 15 is 0 Å². The van der Waals surface area contributed by atoms with Crippen LogP contribution in [-0.2, 0) is 20.8 Å². The van der Waals surface area contributed by atoms with E-state index in [-0.39, 0.29) is 31.2 Å². The number of amides is 2. The fraction of sp³-hybridized carbons (Fsp3) is 0.292. The number of aromatic nitrogens is 2. The number of anilines is 3. The Kier molecular flexibility index (Phi) is 6.87. The molecule has 2 aromatic carbocycles. The molecule has 1 aliphatic heterocycles. The molecule has 3 N–H and O–H groups in total. The molecular formula is C24H25N5O4S. The highest BCUT2D eigenvalue weighted by atomic mass is 32.1. The molecule has 2 amide bonds. The van der Waals surface area contributed by atoms with Gasteiger partial charge in [0, 0.05) is 41.2 Å². The first kappa shape index (κ1) is 23.4. The molecule has 4 rings (SSSR count). The van der Waals surface area contributed by atoms with Gasteiger partial charge in [-0.25, -0.2) is 4.98 Å². The Morgan fingerprint density at radius 1 is 1.12 bits per heavy atom. The molecular weight excluding hydrogens is 454 g/mol. The van der Waals surface area contributed by atoms with Gasteiger partial charge in [0.2, 0.25) is 11.8 Å². The fourth-order valence-electron chi connectivity index (χ4n) is 3.87. The van der Waals surface area contributed by atoms with Gasteiger partial charge in [-0.15, -0.1) is 0 Å². The number of aryl methyl sites for hydroxylation is 2. The predicted molar refractivity (Wildman–Crippen MR) is 131 cm³/mol. The Labute approximate surface area is 201 Å². The normalized spacial score (nSPS) is 12.4.